The second-order valence-corrected chi connectivity index (χ2v) is 5.36. The largest absolute Gasteiger partial charge is 0.377 e. The van der Waals surface area contributed by atoms with E-state index in [0.29, 0.717) is 13.2 Å². The molecule has 1 aromatic rings. The molecule has 96 valence electrons. The molecule has 0 atom stereocenters. The van der Waals surface area contributed by atoms with Gasteiger partial charge in [0.1, 0.15) is 0 Å². The van der Waals surface area contributed by atoms with E-state index < -0.39 is 0 Å². The molecule has 1 amide bonds. The van der Waals surface area contributed by atoms with E-state index >= 15 is 0 Å². The van der Waals surface area contributed by atoms with Crippen LogP contribution in [0.4, 0.5) is 0 Å². The van der Waals surface area contributed by atoms with Gasteiger partial charge < -0.3 is 10.1 Å². The van der Waals surface area contributed by atoms with Crippen molar-refractivity contribution < 1.29 is 9.53 Å². The summed E-state index contributed by atoms with van der Waals surface area (Å²) in [5, 5.41) is 3.13. The second-order valence-electron chi connectivity index (χ2n) is 5.36. The van der Waals surface area contributed by atoms with Gasteiger partial charge >= 0.3 is 0 Å². The lowest BCUT2D eigenvalue weighted by Gasteiger charge is -2.34. The summed E-state index contributed by atoms with van der Waals surface area (Å²) in [7, 11) is 0. The molecular weight excluding hydrogens is 226 g/mol. The van der Waals surface area contributed by atoms with Crippen LogP contribution in [0.5, 0.6) is 0 Å². The van der Waals surface area contributed by atoms with E-state index in [4.69, 9.17) is 4.74 Å². The minimum absolute atomic E-state index is 0.194. The van der Waals surface area contributed by atoms with Crippen molar-refractivity contribution >= 4 is 5.91 Å². The SMILES string of the molecule is O=C(NC1COC1)C1(c2ccccc2)CCCC1. The van der Waals surface area contributed by atoms with Crippen molar-refractivity contribution in [1.82, 2.24) is 5.32 Å². The van der Waals surface area contributed by atoms with Crippen molar-refractivity contribution in [3.63, 3.8) is 0 Å². The van der Waals surface area contributed by atoms with Gasteiger partial charge in [-0.3, -0.25) is 4.79 Å². The lowest BCUT2D eigenvalue weighted by Crippen LogP contribution is -2.54. The molecule has 0 unspecified atom stereocenters. The highest BCUT2D eigenvalue weighted by Gasteiger charge is 2.43. The van der Waals surface area contributed by atoms with Crippen LogP contribution >= 0.6 is 0 Å². The Kier molecular flexibility index (Phi) is 3.08. The Bertz CT molecular complexity index is 419. The van der Waals surface area contributed by atoms with Crippen molar-refractivity contribution in [2.45, 2.75) is 37.1 Å². The standard InChI is InChI=1S/C15H19NO2/c17-14(16-13-10-18-11-13)15(8-4-5-9-15)12-6-2-1-3-7-12/h1-3,6-7,13H,4-5,8-11H2,(H,16,17). The van der Waals surface area contributed by atoms with Crippen molar-refractivity contribution in [3.05, 3.63) is 35.9 Å². The molecule has 1 aliphatic heterocycles. The third kappa shape index (κ3) is 1.93. The van der Waals surface area contributed by atoms with Crippen molar-refractivity contribution in [1.29, 1.82) is 0 Å². The number of hydrogen-bond acceptors (Lipinski definition) is 2. The quantitative estimate of drug-likeness (QED) is 0.884. The first kappa shape index (κ1) is 11.7. The second kappa shape index (κ2) is 4.73. The molecule has 2 fully saturated rings. The topological polar surface area (TPSA) is 38.3 Å². The smallest absolute Gasteiger partial charge is 0.231 e. The van der Waals surface area contributed by atoms with Crippen LogP contribution in [0, 0.1) is 0 Å². The molecule has 3 nitrogen and oxygen atoms in total. The highest BCUT2D eigenvalue weighted by molar-refractivity contribution is 5.88. The minimum atomic E-state index is -0.295. The summed E-state index contributed by atoms with van der Waals surface area (Å²) in [6, 6.07) is 10.4. The number of rotatable bonds is 3. The van der Waals surface area contributed by atoms with Crippen LogP contribution in [0.15, 0.2) is 30.3 Å². The maximum atomic E-state index is 12.6. The van der Waals surface area contributed by atoms with Crippen LogP contribution in [0.2, 0.25) is 0 Å². The fourth-order valence-electron chi connectivity index (χ4n) is 3.03. The maximum Gasteiger partial charge on any atom is 0.231 e. The van der Waals surface area contributed by atoms with Crippen LogP contribution in [0.1, 0.15) is 31.2 Å². The van der Waals surface area contributed by atoms with E-state index in [-0.39, 0.29) is 17.4 Å². The highest BCUT2D eigenvalue weighted by Crippen LogP contribution is 2.41. The Morgan fingerprint density at radius 2 is 1.83 bits per heavy atom. The summed E-state index contributed by atoms with van der Waals surface area (Å²) in [6.07, 6.45) is 4.22. The first-order chi connectivity index (χ1) is 8.81. The Morgan fingerprint density at radius 1 is 1.17 bits per heavy atom. The van der Waals surface area contributed by atoms with E-state index in [9.17, 15) is 4.79 Å². The van der Waals surface area contributed by atoms with Gasteiger partial charge in [0.15, 0.2) is 0 Å². The summed E-state index contributed by atoms with van der Waals surface area (Å²) < 4.78 is 5.12. The molecule has 2 aliphatic rings. The lowest BCUT2D eigenvalue weighted by molar-refractivity contribution is -0.130. The number of carbonyl (C=O) groups excluding carboxylic acids is 1. The normalized spacial score (nSPS) is 22.4. The highest BCUT2D eigenvalue weighted by atomic mass is 16.5. The molecule has 3 heteroatoms. The average molecular weight is 245 g/mol. The van der Waals surface area contributed by atoms with Crippen LogP contribution in [0.25, 0.3) is 0 Å². The molecule has 3 rings (SSSR count). The zero-order valence-corrected chi connectivity index (χ0v) is 10.5. The van der Waals surface area contributed by atoms with Gasteiger partial charge in [-0.15, -0.1) is 0 Å². The molecule has 0 bridgehead atoms. The molecule has 1 heterocycles. The van der Waals surface area contributed by atoms with E-state index in [2.05, 4.69) is 17.4 Å². The number of nitrogens with one attached hydrogen (secondary N) is 1. The van der Waals surface area contributed by atoms with Gasteiger partial charge in [-0.25, -0.2) is 0 Å². The zero-order valence-electron chi connectivity index (χ0n) is 10.5. The summed E-state index contributed by atoms with van der Waals surface area (Å²) in [6.45, 7) is 1.33. The summed E-state index contributed by atoms with van der Waals surface area (Å²) in [5.41, 5.74) is 0.872. The molecule has 0 radical (unpaired) electrons. The third-order valence-electron chi connectivity index (χ3n) is 4.19. The molecule has 1 saturated carbocycles. The third-order valence-corrected chi connectivity index (χ3v) is 4.19. The first-order valence-electron chi connectivity index (χ1n) is 6.75. The lowest BCUT2D eigenvalue weighted by atomic mass is 9.78. The van der Waals surface area contributed by atoms with Gasteiger partial charge in [0.2, 0.25) is 5.91 Å². The molecule has 0 aromatic heterocycles. The van der Waals surface area contributed by atoms with E-state index in [1.54, 1.807) is 0 Å². The van der Waals surface area contributed by atoms with Crippen molar-refractivity contribution in [3.8, 4) is 0 Å². The summed E-state index contributed by atoms with van der Waals surface area (Å²) in [5.74, 6) is 0.194. The van der Waals surface area contributed by atoms with Crippen LogP contribution in [0.3, 0.4) is 0 Å². The number of ether oxygens (including phenoxy) is 1. The zero-order chi connectivity index (χ0) is 12.4. The number of carbonyl (C=O) groups is 1. The predicted octanol–water partition coefficient (Wildman–Crippen LogP) is 2.01. The number of amides is 1. The maximum absolute atomic E-state index is 12.6. The Morgan fingerprint density at radius 3 is 2.39 bits per heavy atom. The summed E-state index contributed by atoms with van der Waals surface area (Å²) >= 11 is 0. The van der Waals surface area contributed by atoms with Crippen molar-refractivity contribution in [2.75, 3.05) is 13.2 Å². The predicted molar refractivity (Wildman–Crippen MR) is 69.3 cm³/mol. The first-order valence-corrected chi connectivity index (χ1v) is 6.75. The average Bonchev–Trinajstić information content (AvgIpc) is 2.85. The van der Waals surface area contributed by atoms with E-state index in [0.717, 1.165) is 25.7 Å². The number of benzene rings is 1. The number of hydrogen-bond donors (Lipinski definition) is 1. The monoisotopic (exact) mass is 245 g/mol. The Balaban J connectivity index is 1.84. The summed E-state index contributed by atoms with van der Waals surface area (Å²) in [4.78, 5) is 12.6. The fourth-order valence-corrected chi connectivity index (χ4v) is 3.03. The van der Waals surface area contributed by atoms with Gasteiger partial charge in [0.05, 0.1) is 24.7 Å². The van der Waals surface area contributed by atoms with Crippen LogP contribution in [-0.2, 0) is 14.9 Å². The van der Waals surface area contributed by atoms with Gasteiger partial charge in [-0.05, 0) is 18.4 Å². The van der Waals surface area contributed by atoms with E-state index in [1.807, 2.05) is 18.2 Å². The Labute approximate surface area is 108 Å². The fraction of sp³-hybridized carbons (Fsp3) is 0.533. The molecule has 1 N–H and O–H groups in total. The van der Waals surface area contributed by atoms with Crippen molar-refractivity contribution in [2.24, 2.45) is 0 Å². The van der Waals surface area contributed by atoms with Gasteiger partial charge in [-0.1, -0.05) is 43.2 Å². The molecule has 1 aromatic carbocycles. The molecule has 18 heavy (non-hydrogen) atoms. The molecule has 0 spiro atoms. The van der Waals surface area contributed by atoms with Gasteiger partial charge in [0.25, 0.3) is 0 Å². The van der Waals surface area contributed by atoms with Gasteiger partial charge in [-0.2, -0.15) is 0 Å². The van der Waals surface area contributed by atoms with Crippen LogP contribution in [-0.4, -0.2) is 25.2 Å². The van der Waals surface area contributed by atoms with E-state index in [1.165, 1.54) is 5.56 Å². The molecule has 1 aliphatic carbocycles. The van der Waals surface area contributed by atoms with Gasteiger partial charge in [0, 0.05) is 0 Å². The molecule has 1 saturated heterocycles. The molecular formula is C15H19NO2. The van der Waals surface area contributed by atoms with Crippen LogP contribution < -0.4 is 5.32 Å². The minimum Gasteiger partial charge on any atom is -0.377 e. The Hall–Kier alpha value is -1.35.